The Hall–Kier alpha value is -3.15. The highest BCUT2D eigenvalue weighted by molar-refractivity contribution is 5.78. The number of benzene rings is 2. The Labute approximate surface area is 165 Å². The molecule has 1 heterocycles. The average Bonchev–Trinajstić information content (AvgIpc) is 3.26. The van der Waals surface area contributed by atoms with Crippen molar-refractivity contribution < 1.29 is 9.53 Å². The zero-order chi connectivity index (χ0) is 20.1. The SMILES string of the molecule is CC(C)c1ccccc1OCC(=O)N(C)[C@H](C)c1ccc(-n2cncn2)cc1. The van der Waals surface area contributed by atoms with Crippen LogP contribution in [0.4, 0.5) is 0 Å². The molecule has 0 aliphatic heterocycles. The van der Waals surface area contributed by atoms with Gasteiger partial charge in [0, 0.05) is 7.05 Å². The molecule has 0 spiro atoms. The maximum absolute atomic E-state index is 12.6. The Morgan fingerprint density at radius 2 is 1.82 bits per heavy atom. The molecule has 0 radical (unpaired) electrons. The minimum Gasteiger partial charge on any atom is -0.483 e. The number of aromatic nitrogens is 3. The Balaban J connectivity index is 1.63. The maximum Gasteiger partial charge on any atom is 0.260 e. The van der Waals surface area contributed by atoms with E-state index in [2.05, 4.69) is 23.9 Å². The van der Waals surface area contributed by atoms with Gasteiger partial charge in [-0.25, -0.2) is 9.67 Å². The van der Waals surface area contributed by atoms with Crippen molar-refractivity contribution in [1.82, 2.24) is 19.7 Å². The number of amides is 1. The van der Waals surface area contributed by atoms with Gasteiger partial charge < -0.3 is 9.64 Å². The molecule has 0 saturated heterocycles. The van der Waals surface area contributed by atoms with Gasteiger partial charge in [-0.05, 0) is 42.2 Å². The molecule has 1 atom stereocenters. The summed E-state index contributed by atoms with van der Waals surface area (Å²) in [6, 6.07) is 15.7. The van der Waals surface area contributed by atoms with Crippen LogP contribution in [0.1, 0.15) is 43.9 Å². The highest BCUT2D eigenvalue weighted by atomic mass is 16.5. The normalized spacial score (nSPS) is 12.0. The van der Waals surface area contributed by atoms with Crippen molar-refractivity contribution in [3.05, 3.63) is 72.3 Å². The van der Waals surface area contributed by atoms with Gasteiger partial charge in [-0.1, -0.05) is 44.2 Å². The fraction of sp³-hybridized carbons (Fsp3) is 0.318. The predicted molar refractivity (Wildman–Crippen MR) is 109 cm³/mol. The molecule has 0 N–H and O–H groups in total. The lowest BCUT2D eigenvalue weighted by atomic mass is 10.0. The van der Waals surface area contributed by atoms with Crippen LogP contribution >= 0.6 is 0 Å². The smallest absolute Gasteiger partial charge is 0.260 e. The van der Waals surface area contributed by atoms with Crippen LogP contribution in [-0.4, -0.2) is 39.2 Å². The lowest BCUT2D eigenvalue weighted by Crippen LogP contribution is -2.33. The van der Waals surface area contributed by atoms with Crippen LogP contribution < -0.4 is 4.74 Å². The summed E-state index contributed by atoms with van der Waals surface area (Å²) in [7, 11) is 1.80. The van der Waals surface area contributed by atoms with E-state index in [0.717, 1.165) is 22.6 Å². The first kappa shape index (κ1) is 19.6. The van der Waals surface area contributed by atoms with E-state index in [-0.39, 0.29) is 18.6 Å². The lowest BCUT2D eigenvalue weighted by Gasteiger charge is -2.26. The number of carbonyl (C=O) groups is 1. The third kappa shape index (κ3) is 4.39. The van der Waals surface area contributed by atoms with Crippen LogP contribution in [0, 0.1) is 0 Å². The van der Waals surface area contributed by atoms with Crippen molar-refractivity contribution >= 4 is 5.91 Å². The monoisotopic (exact) mass is 378 g/mol. The summed E-state index contributed by atoms with van der Waals surface area (Å²) in [6.45, 7) is 6.24. The van der Waals surface area contributed by atoms with E-state index >= 15 is 0 Å². The summed E-state index contributed by atoms with van der Waals surface area (Å²) in [5.74, 6) is 1.04. The van der Waals surface area contributed by atoms with E-state index in [1.165, 1.54) is 6.33 Å². The number of carbonyl (C=O) groups excluding carboxylic acids is 1. The molecular weight excluding hydrogens is 352 g/mol. The number of para-hydroxylation sites is 1. The quantitative estimate of drug-likeness (QED) is 0.624. The highest BCUT2D eigenvalue weighted by Gasteiger charge is 2.19. The van der Waals surface area contributed by atoms with Crippen LogP contribution in [0.2, 0.25) is 0 Å². The van der Waals surface area contributed by atoms with E-state index in [1.54, 1.807) is 23.0 Å². The standard InChI is InChI=1S/C22H26N4O2/c1-16(2)20-7-5-6-8-21(20)28-13-22(27)25(4)17(3)18-9-11-19(12-10-18)26-15-23-14-24-26/h5-12,14-17H,13H2,1-4H3/t17-/m1/s1. The Kier molecular flexibility index (Phi) is 6.09. The van der Waals surface area contributed by atoms with Gasteiger partial charge in [0.1, 0.15) is 18.4 Å². The summed E-state index contributed by atoms with van der Waals surface area (Å²) in [6.07, 6.45) is 3.15. The second-order valence-corrected chi connectivity index (χ2v) is 7.09. The molecule has 0 saturated carbocycles. The molecule has 6 nitrogen and oxygen atoms in total. The molecule has 6 heteroatoms. The molecule has 0 aliphatic rings. The van der Waals surface area contributed by atoms with Gasteiger partial charge in [0.05, 0.1) is 11.7 Å². The number of rotatable bonds is 7. The molecule has 1 amide bonds. The number of nitrogens with zero attached hydrogens (tertiary/aromatic N) is 4. The Morgan fingerprint density at radius 3 is 2.46 bits per heavy atom. The summed E-state index contributed by atoms with van der Waals surface area (Å²) in [4.78, 5) is 18.3. The first-order chi connectivity index (χ1) is 13.5. The second-order valence-electron chi connectivity index (χ2n) is 7.09. The first-order valence-electron chi connectivity index (χ1n) is 9.39. The maximum atomic E-state index is 12.6. The van der Waals surface area contributed by atoms with Gasteiger partial charge in [-0.15, -0.1) is 0 Å². The van der Waals surface area contributed by atoms with Crippen molar-refractivity contribution in [2.45, 2.75) is 32.7 Å². The molecule has 1 aromatic heterocycles. The van der Waals surface area contributed by atoms with Crippen LogP contribution in [0.5, 0.6) is 5.75 Å². The molecule has 2 aromatic carbocycles. The fourth-order valence-electron chi connectivity index (χ4n) is 3.02. The van der Waals surface area contributed by atoms with Gasteiger partial charge >= 0.3 is 0 Å². The van der Waals surface area contributed by atoms with Crippen LogP contribution in [0.15, 0.2) is 61.2 Å². The van der Waals surface area contributed by atoms with E-state index in [4.69, 9.17) is 4.74 Å². The molecule has 0 aliphatic carbocycles. The zero-order valence-electron chi connectivity index (χ0n) is 16.7. The van der Waals surface area contributed by atoms with Crippen molar-refractivity contribution in [1.29, 1.82) is 0 Å². The predicted octanol–water partition coefficient (Wildman–Crippen LogP) is 3.99. The van der Waals surface area contributed by atoms with Gasteiger partial charge in [-0.2, -0.15) is 5.10 Å². The molecule has 3 aromatic rings. The summed E-state index contributed by atoms with van der Waals surface area (Å²) in [5.41, 5.74) is 3.08. The minimum atomic E-state index is -0.0683. The molecule has 28 heavy (non-hydrogen) atoms. The number of ether oxygens (including phenoxy) is 1. The third-order valence-corrected chi connectivity index (χ3v) is 4.93. The lowest BCUT2D eigenvalue weighted by molar-refractivity contribution is -0.134. The van der Waals surface area contributed by atoms with E-state index in [1.807, 2.05) is 55.5 Å². The van der Waals surface area contributed by atoms with E-state index < -0.39 is 0 Å². The van der Waals surface area contributed by atoms with Crippen molar-refractivity contribution in [2.24, 2.45) is 0 Å². The van der Waals surface area contributed by atoms with Crippen molar-refractivity contribution in [3.63, 3.8) is 0 Å². The fourth-order valence-corrected chi connectivity index (χ4v) is 3.02. The Morgan fingerprint density at radius 1 is 1.11 bits per heavy atom. The zero-order valence-corrected chi connectivity index (χ0v) is 16.7. The second kappa shape index (κ2) is 8.69. The number of likely N-dealkylation sites (N-methyl/N-ethyl adjacent to an activating group) is 1. The van der Waals surface area contributed by atoms with Gasteiger partial charge in [-0.3, -0.25) is 4.79 Å². The topological polar surface area (TPSA) is 60.2 Å². The Bertz CT molecular complexity index is 905. The van der Waals surface area contributed by atoms with Crippen LogP contribution in [0.25, 0.3) is 5.69 Å². The number of hydrogen-bond donors (Lipinski definition) is 0. The molecule has 146 valence electrons. The number of hydrogen-bond acceptors (Lipinski definition) is 4. The molecule has 0 fully saturated rings. The largest absolute Gasteiger partial charge is 0.483 e. The summed E-state index contributed by atoms with van der Waals surface area (Å²) < 4.78 is 7.52. The first-order valence-corrected chi connectivity index (χ1v) is 9.39. The third-order valence-electron chi connectivity index (χ3n) is 4.93. The highest BCUT2D eigenvalue weighted by Crippen LogP contribution is 2.26. The van der Waals surface area contributed by atoms with Crippen molar-refractivity contribution in [2.75, 3.05) is 13.7 Å². The van der Waals surface area contributed by atoms with Crippen molar-refractivity contribution in [3.8, 4) is 11.4 Å². The minimum absolute atomic E-state index is 0.0155. The average molecular weight is 378 g/mol. The summed E-state index contributed by atoms with van der Waals surface area (Å²) >= 11 is 0. The molecule has 3 rings (SSSR count). The van der Waals surface area contributed by atoms with Crippen LogP contribution in [0.3, 0.4) is 0 Å². The van der Waals surface area contributed by atoms with Crippen LogP contribution in [-0.2, 0) is 4.79 Å². The van der Waals surface area contributed by atoms with Gasteiger partial charge in [0.2, 0.25) is 0 Å². The van der Waals surface area contributed by atoms with E-state index in [9.17, 15) is 4.79 Å². The van der Waals surface area contributed by atoms with E-state index in [0.29, 0.717) is 5.92 Å². The molecular formula is C22H26N4O2. The molecule has 0 bridgehead atoms. The van der Waals surface area contributed by atoms with Gasteiger partial charge in [0.15, 0.2) is 6.61 Å². The van der Waals surface area contributed by atoms with Gasteiger partial charge in [0.25, 0.3) is 5.91 Å². The summed E-state index contributed by atoms with van der Waals surface area (Å²) in [5, 5.41) is 4.12. The molecule has 0 unspecified atom stereocenters.